The van der Waals surface area contributed by atoms with E-state index in [2.05, 4.69) is 37.4 Å². The molecule has 0 fully saturated rings. The monoisotopic (exact) mass is 337 g/mol. The summed E-state index contributed by atoms with van der Waals surface area (Å²) < 4.78 is 5.59. The number of benzene rings is 2. The Kier molecular flexibility index (Phi) is 5.98. The minimum absolute atomic E-state index is 0.554. The van der Waals surface area contributed by atoms with E-state index in [0.29, 0.717) is 28.9 Å². The highest BCUT2D eigenvalue weighted by Crippen LogP contribution is 2.34. The van der Waals surface area contributed by atoms with Gasteiger partial charge in [0, 0.05) is 12.2 Å². The molecule has 4 heteroatoms. The van der Waals surface area contributed by atoms with E-state index in [0.717, 1.165) is 17.7 Å². The maximum atomic E-state index is 6.27. The average molecular weight is 338 g/mol. The number of hydrogen-bond acceptors (Lipinski definition) is 2. The fraction of sp³-hybridized carbons (Fsp3) is 0.333. The Hall–Kier alpha value is -1.38. The Morgan fingerprint density at radius 1 is 1.05 bits per heavy atom. The second-order valence-electron chi connectivity index (χ2n) is 5.41. The summed E-state index contributed by atoms with van der Waals surface area (Å²) in [6, 6.07) is 10.2. The second-order valence-corrected chi connectivity index (χ2v) is 6.22. The van der Waals surface area contributed by atoms with Crippen LogP contribution in [0, 0.1) is 13.8 Å². The summed E-state index contributed by atoms with van der Waals surface area (Å²) >= 11 is 12.5. The molecular formula is C18H21Cl2NO. The van der Waals surface area contributed by atoms with Crippen LogP contribution < -0.4 is 10.1 Å². The van der Waals surface area contributed by atoms with Crippen molar-refractivity contribution in [2.45, 2.75) is 33.7 Å². The minimum Gasteiger partial charge on any atom is -0.490 e. The number of halogens is 2. The third kappa shape index (κ3) is 4.31. The Bertz CT molecular complexity index is 633. The molecule has 0 unspecified atom stereocenters. The predicted molar refractivity (Wildman–Crippen MR) is 95.5 cm³/mol. The number of hydrogen-bond donors (Lipinski definition) is 1. The van der Waals surface area contributed by atoms with E-state index in [-0.39, 0.29) is 0 Å². The van der Waals surface area contributed by atoms with Gasteiger partial charge < -0.3 is 10.1 Å². The summed E-state index contributed by atoms with van der Waals surface area (Å²) in [5.74, 6) is 0.570. The molecule has 22 heavy (non-hydrogen) atoms. The first-order valence-electron chi connectivity index (χ1n) is 7.43. The van der Waals surface area contributed by atoms with Gasteiger partial charge in [0.25, 0.3) is 0 Å². The molecule has 0 bridgehead atoms. The van der Waals surface area contributed by atoms with E-state index in [1.54, 1.807) is 0 Å². The maximum Gasteiger partial charge on any atom is 0.156 e. The molecule has 0 atom stereocenters. The molecule has 0 spiro atoms. The van der Waals surface area contributed by atoms with Crippen LogP contribution in [-0.2, 0) is 6.54 Å². The SMILES string of the molecule is CCCOc1c(Cl)cc(CNc2cc(C)ccc2C)cc1Cl. The summed E-state index contributed by atoms with van der Waals surface area (Å²) in [5, 5.41) is 4.54. The van der Waals surface area contributed by atoms with Crippen molar-refractivity contribution in [3.8, 4) is 5.75 Å². The van der Waals surface area contributed by atoms with Crippen LogP contribution in [0.15, 0.2) is 30.3 Å². The van der Waals surface area contributed by atoms with Crippen molar-refractivity contribution in [1.82, 2.24) is 0 Å². The molecule has 1 N–H and O–H groups in total. The lowest BCUT2D eigenvalue weighted by Crippen LogP contribution is -2.03. The Morgan fingerprint density at radius 2 is 1.73 bits per heavy atom. The molecule has 2 nitrogen and oxygen atoms in total. The average Bonchev–Trinajstić information content (AvgIpc) is 2.47. The van der Waals surface area contributed by atoms with Crippen LogP contribution in [0.5, 0.6) is 5.75 Å². The second kappa shape index (κ2) is 7.75. The van der Waals surface area contributed by atoms with Gasteiger partial charge in [0.1, 0.15) is 0 Å². The quantitative estimate of drug-likeness (QED) is 0.696. The van der Waals surface area contributed by atoms with Gasteiger partial charge in [-0.25, -0.2) is 0 Å². The van der Waals surface area contributed by atoms with Gasteiger partial charge in [-0.3, -0.25) is 0 Å². The fourth-order valence-corrected chi connectivity index (χ4v) is 2.82. The molecule has 0 aromatic heterocycles. The van der Waals surface area contributed by atoms with Gasteiger partial charge in [0.05, 0.1) is 16.7 Å². The molecule has 2 rings (SSSR count). The summed E-state index contributed by atoms with van der Waals surface area (Å²) in [6.45, 7) is 7.49. The van der Waals surface area contributed by atoms with E-state index >= 15 is 0 Å². The first kappa shape index (κ1) is 17.0. The van der Waals surface area contributed by atoms with Gasteiger partial charge in [-0.1, -0.05) is 42.3 Å². The van der Waals surface area contributed by atoms with Crippen LogP contribution in [-0.4, -0.2) is 6.61 Å². The number of nitrogens with one attached hydrogen (secondary N) is 1. The summed E-state index contributed by atoms with van der Waals surface area (Å²) in [7, 11) is 0. The molecule has 0 saturated carbocycles. The third-order valence-electron chi connectivity index (χ3n) is 3.38. The van der Waals surface area contributed by atoms with Gasteiger partial charge in [-0.15, -0.1) is 0 Å². The van der Waals surface area contributed by atoms with Crippen LogP contribution in [0.25, 0.3) is 0 Å². The van der Waals surface area contributed by atoms with E-state index in [1.807, 2.05) is 19.1 Å². The van der Waals surface area contributed by atoms with Gasteiger partial charge in [0.2, 0.25) is 0 Å². The molecular weight excluding hydrogens is 317 g/mol. The van der Waals surface area contributed by atoms with Crippen molar-refractivity contribution in [2.75, 3.05) is 11.9 Å². The molecule has 118 valence electrons. The van der Waals surface area contributed by atoms with Gasteiger partial charge in [0.15, 0.2) is 5.75 Å². The first-order chi connectivity index (χ1) is 10.5. The van der Waals surface area contributed by atoms with E-state index in [4.69, 9.17) is 27.9 Å². The van der Waals surface area contributed by atoms with Crippen LogP contribution in [0.4, 0.5) is 5.69 Å². The molecule has 0 aliphatic carbocycles. The highest BCUT2D eigenvalue weighted by Gasteiger charge is 2.10. The molecule has 2 aromatic carbocycles. The van der Waals surface area contributed by atoms with Crippen LogP contribution >= 0.6 is 23.2 Å². The third-order valence-corrected chi connectivity index (χ3v) is 3.95. The van der Waals surface area contributed by atoms with Gasteiger partial charge >= 0.3 is 0 Å². The summed E-state index contributed by atoms with van der Waals surface area (Å²) in [4.78, 5) is 0. The lowest BCUT2D eigenvalue weighted by atomic mass is 10.1. The topological polar surface area (TPSA) is 21.3 Å². The van der Waals surface area contributed by atoms with Gasteiger partial charge in [-0.05, 0) is 55.2 Å². The van der Waals surface area contributed by atoms with E-state index in [1.165, 1.54) is 11.1 Å². The van der Waals surface area contributed by atoms with Crippen LogP contribution in [0.1, 0.15) is 30.0 Å². The molecule has 0 saturated heterocycles. The minimum atomic E-state index is 0.554. The number of anilines is 1. The standard InChI is InChI=1S/C18H21Cl2NO/c1-4-7-22-18-15(19)9-14(10-16(18)20)11-21-17-8-12(2)5-6-13(17)3/h5-6,8-10,21H,4,7,11H2,1-3H3. The predicted octanol–water partition coefficient (Wildman–Crippen LogP) is 6.01. The van der Waals surface area contributed by atoms with Crippen molar-refractivity contribution < 1.29 is 4.74 Å². The normalized spacial score (nSPS) is 10.6. The van der Waals surface area contributed by atoms with Crippen molar-refractivity contribution >= 4 is 28.9 Å². The number of ether oxygens (including phenoxy) is 1. The van der Waals surface area contributed by atoms with Gasteiger partial charge in [-0.2, -0.15) is 0 Å². The van der Waals surface area contributed by atoms with Crippen LogP contribution in [0.2, 0.25) is 10.0 Å². The highest BCUT2D eigenvalue weighted by atomic mass is 35.5. The molecule has 2 aromatic rings. The Balaban J connectivity index is 2.12. The van der Waals surface area contributed by atoms with Crippen molar-refractivity contribution in [1.29, 1.82) is 0 Å². The number of aryl methyl sites for hydroxylation is 2. The molecule has 0 amide bonds. The Labute approximate surface area is 142 Å². The molecule has 0 aliphatic rings. The summed E-state index contributed by atoms with van der Waals surface area (Å²) in [6.07, 6.45) is 0.919. The molecule has 0 heterocycles. The van der Waals surface area contributed by atoms with E-state index < -0.39 is 0 Å². The first-order valence-corrected chi connectivity index (χ1v) is 8.18. The zero-order chi connectivity index (χ0) is 16.1. The molecule has 0 radical (unpaired) electrons. The summed E-state index contributed by atoms with van der Waals surface area (Å²) in [5.41, 5.74) is 4.59. The lowest BCUT2D eigenvalue weighted by molar-refractivity contribution is 0.318. The highest BCUT2D eigenvalue weighted by molar-refractivity contribution is 6.37. The largest absolute Gasteiger partial charge is 0.490 e. The van der Waals surface area contributed by atoms with Crippen molar-refractivity contribution in [3.05, 3.63) is 57.1 Å². The number of rotatable bonds is 6. The molecule has 0 aliphatic heterocycles. The zero-order valence-electron chi connectivity index (χ0n) is 13.2. The zero-order valence-corrected chi connectivity index (χ0v) is 14.7. The fourth-order valence-electron chi connectivity index (χ4n) is 2.18. The lowest BCUT2D eigenvalue weighted by Gasteiger charge is -2.13. The Morgan fingerprint density at radius 3 is 2.36 bits per heavy atom. The maximum absolute atomic E-state index is 6.27. The van der Waals surface area contributed by atoms with Crippen LogP contribution in [0.3, 0.4) is 0 Å². The van der Waals surface area contributed by atoms with Crippen molar-refractivity contribution in [2.24, 2.45) is 0 Å². The van der Waals surface area contributed by atoms with E-state index in [9.17, 15) is 0 Å². The van der Waals surface area contributed by atoms with Crippen molar-refractivity contribution in [3.63, 3.8) is 0 Å². The smallest absolute Gasteiger partial charge is 0.156 e.